The van der Waals surface area contributed by atoms with E-state index in [1.165, 1.54) is 0 Å². The SMILES string of the molecule is CCOC(=O)C1CC2CC(CN3C[C@H](O)C[C@H]3C(=O)OCC)CCC2CN1. The minimum absolute atomic E-state index is 0.136. The third-order valence-electron chi connectivity index (χ3n) is 6.42. The zero-order chi connectivity index (χ0) is 19.4. The summed E-state index contributed by atoms with van der Waals surface area (Å²) in [6, 6.07) is -0.510. The molecule has 27 heavy (non-hydrogen) atoms. The topological polar surface area (TPSA) is 88.1 Å². The predicted molar refractivity (Wildman–Crippen MR) is 100.0 cm³/mol. The van der Waals surface area contributed by atoms with Crippen LogP contribution in [0.2, 0.25) is 0 Å². The van der Waals surface area contributed by atoms with Crippen LogP contribution in [0.4, 0.5) is 0 Å². The molecule has 0 radical (unpaired) electrons. The molecular formula is C20H34N2O5. The Morgan fingerprint density at radius 3 is 2.52 bits per heavy atom. The Bertz CT molecular complexity index is 529. The van der Waals surface area contributed by atoms with Gasteiger partial charge in [-0.2, -0.15) is 0 Å². The monoisotopic (exact) mass is 382 g/mol. The highest BCUT2D eigenvalue weighted by Gasteiger charge is 2.41. The van der Waals surface area contributed by atoms with Gasteiger partial charge in [0.15, 0.2) is 0 Å². The zero-order valence-corrected chi connectivity index (χ0v) is 16.6. The second-order valence-electron chi connectivity index (χ2n) is 8.26. The van der Waals surface area contributed by atoms with Crippen molar-refractivity contribution < 1.29 is 24.2 Å². The second kappa shape index (κ2) is 9.34. The normalized spacial score (nSPS) is 36.9. The van der Waals surface area contributed by atoms with E-state index in [4.69, 9.17) is 9.47 Å². The van der Waals surface area contributed by atoms with Crippen molar-refractivity contribution in [2.75, 3.05) is 32.8 Å². The third-order valence-corrected chi connectivity index (χ3v) is 6.42. The highest BCUT2D eigenvalue weighted by atomic mass is 16.5. The number of β-amino-alcohol motifs (C(OH)–C–C–N with tert-alkyl or cyclic N) is 1. The summed E-state index contributed by atoms with van der Waals surface area (Å²) in [4.78, 5) is 26.4. The van der Waals surface area contributed by atoms with Gasteiger partial charge in [0, 0.05) is 19.5 Å². The molecule has 3 aliphatic rings. The number of fused-ring (bicyclic) bond motifs is 1. The number of ether oxygens (including phenoxy) is 2. The van der Waals surface area contributed by atoms with Crippen LogP contribution in [-0.4, -0.2) is 73.0 Å². The Morgan fingerprint density at radius 2 is 1.78 bits per heavy atom. The number of hydrogen-bond donors (Lipinski definition) is 2. The highest BCUT2D eigenvalue weighted by molar-refractivity contribution is 5.76. The summed E-state index contributed by atoms with van der Waals surface area (Å²) in [5.74, 6) is 1.29. The van der Waals surface area contributed by atoms with E-state index in [1.807, 2.05) is 13.8 Å². The Balaban J connectivity index is 1.55. The van der Waals surface area contributed by atoms with Gasteiger partial charge in [-0.05, 0) is 63.8 Å². The number of piperidine rings is 1. The summed E-state index contributed by atoms with van der Waals surface area (Å²) >= 11 is 0. The van der Waals surface area contributed by atoms with Gasteiger partial charge in [0.1, 0.15) is 12.1 Å². The first kappa shape index (κ1) is 20.6. The zero-order valence-electron chi connectivity index (χ0n) is 16.6. The van der Waals surface area contributed by atoms with E-state index >= 15 is 0 Å². The largest absolute Gasteiger partial charge is 0.465 e. The molecule has 2 N–H and O–H groups in total. The number of rotatable bonds is 6. The van der Waals surface area contributed by atoms with E-state index in [0.717, 1.165) is 38.8 Å². The molecule has 0 amide bonds. The van der Waals surface area contributed by atoms with E-state index in [0.29, 0.717) is 43.9 Å². The van der Waals surface area contributed by atoms with Gasteiger partial charge in [-0.15, -0.1) is 0 Å². The van der Waals surface area contributed by atoms with Gasteiger partial charge in [0.2, 0.25) is 0 Å². The molecule has 7 nitrogen and oxygen atoms in total. The summed E-state index contributed by atoms with van der Waals surface area (Å²) in [7, 11) is 0. The van der Waals surface area contributed by atoms with Crippen LogP contribution in [0.3, 0.4) is 0 Å². The first-order valence-corrected chi connectivity index (χ1v) is 10.5. The summed E-state index contributed by atoms with van der Waals surface area (Å²) in [5, 5.41) is 13.4. The molecule has 154 valence electrons. The number of esters is 2. The van der Waals surface area contributed by atoms with Gasteiger partial charge in [0.05, 0.1) is 19.3 Å². The number of carbonyl (C=O) groups is 2. The van der Waals surface area contributed by atoms with Crippen LogP contribution < -0.4 is 5.32 Å². The Hall–Kier alpha value is -1.18. The summed E-state index contributed by atoms with van der Waals surface area (Å²) in [6.45, 7) is 6.68. The van der Waals surface area contributed by atoms with Crippen molar-refractivity contribution in [3.63, 3.8) is 0 Å². The summed E-state index contributed by atoms with van der Waals surface area (Å²) < 4.78 is 10.4. The minimum Gasteiger partial charge on any atom is -0.465 e. The van der Waals surface area contributed by atoms with E-state index in [2.05, 4.69) is 10.2 Å². The molecule has 0 aromatic carbocycles. The molecule has 3 fully saturated rings. The van der Waals surface area contributed by atoms with Crippen molar-refractivity contribution >= 4 is 11.9 Å². The molecular weight excluding hydrogens is 348 g/mol. The van der Waals surface area contributed by atoms with Gasteiger partial charge in [-0.3, -0.25) is 14.5 Å². The van der Waals surface area contributed by atoms with Gasteiger partial charge in [-0.25, -0.2) is 0 Å². The molecule has 0 aromatic rings. The molecule has 2 aliphatic heterocycles. The lowest BCUT2D eigenvalue weighted by Gasteiger charge is -2.43. The van der Waals surface area contributed by atoms with Gasteiger partial charge >= 0.3 is 11.9 Å². The van der Waals surface area contributed by atoms with Crippen LogP contribution in [0.5, 0.6) is 0 Å². The number of nitrogens with zero attached hydrogens (tertiary/aromatic N) is 1. The Labute approximate surface area is 161 Å². The van der Waals surface area contributed by atoms with Crippen molar-refractivity contribution in [1.29, 1.82) is 0 Å². The molecule has 2 heterocycles. The first-order chi connectivity index (χ1) is 13.0. The number of nitrogens with one attached hydrogen (secondary N) is 1. The maximum atomic E-state index is 12.2. The number of aliphatic hydroxyl groups excluding tert-OH is 1. The Kier molecular flexibility index (Phi) is 7.11. The van der Waals surface area contributed by atoms with E-state index in [1.54, 1.807) is 0 Å². The molecule has 1 saturated carbocycles. The average Bonchev–Trinajstić information content (AvgIpc) is 3.02. The third kappa shape index (κ3) is 5.00. The van der Waals surface area contributed by atoms with Crippen molar-refractivity contribution in [2.45, 2.75) is 64.1 Å². The Morgan fingerprint density at radius 1 is 1.04 bits per heavy atom. The van der Waals surface area contributed by atoms with Gasteiger partial charge in [0.25, 0.3) is 0 Å². The van der Waals surface area contributed by atoms with Crippen LogP contribution in [0, 0.1) is 17.8 Å². The van der Waals surface area contributed by atoms with E-state index in [9.17, 15) is 14.7 Å². The minimum atomic E-state index is -0.456. The molecule has 3 rings (SSSR count). The van der Waals surface area contributed by atoms with Crippen molar-refractivity contribution in [3.8, 4) is 0 Å². The fourth-order valence-corrected chi connectivity index (χ4v) is 5.15. The van der Waals surface area contributed by atoms with Crippen LogP contribution in [0.15, 0.2) is 0 Å². The molecule has 1 aliphatic carbocycles. The molecule has 7 heteroatoms. The highest BCUT2D eigenvalue weighted by Crippen LogP contribution is 2.39. The molecule has 0 bridgehead atoms. The first-order valence-electron chi connectivity index (χ1n) is 10.5. The number of aliphatic hydroxyl groups is 1. The smallest absolute Gasteiger partial charge is 0.323 e. The van der Waals surface area contributed by atoms with Gasteiger partial charge < -0.3 is 19.9 Å². The average molecular weight is 383 g/mol. The summed E-state index contributed by atoms with van der Waals surface area (Å²) in [6.07, 6.45) is 4.21. The number of carbonyl (C=O) groups excluding carboxylic acids is 2. The van der Waals surface area contributed by atoms with E-state index in [-0.39, 0.29) is 24.0 Å². The number of hydrogen-bond acceptors (Lipinski definition) is 7. The predicted octanol–water partition coefficient (Wildman–Crippen LogP) is 0.942. The molecule has 6 atom stereocenters. The summed E-state index contributed by atoms with van der Waals surface area (Å²) in [5.41, 5.74) is 0. The number of likely N-dealkylation sites (tertiary alicyclic amines) is 1. The van der Waals surface area contributed by atoms with Gasteiger partial charge in [-0.1, -0.05) is 0 Å². The fraction of sp³-hybridized carbons (Fsp3) is 0.900. The standard InChI is InChI=1S/C20H34N2O5/c1-3-26-19(24)17-8-15-7-13(5-6-14(15)10-21-17)11-22-12-16(23)9-18(22)20(25)27-4-2/h13-18,21,23H,3-12H2,1-2H3/t13?,14?,15?,16-,17?,18+/m1/s1. The molecule has 0 aromatic heterocycles. The lowest BCUT2D eigenvalue weighted by Crippen LogP contribution is -2.51. The molecule has 4 unspecified atom stereocenters. The van der Waals surface area contributed by atoms with Crippen LogP contribution in [0.1, 0.15) is 46.0 Å². The van der Waals surface area contributed by atoms with E-state index < -0.39 is 6.10 Å². The van der Waals surface area contributed by atoms with Crippen LogP contribution in [-0.2, 0) is 19.1 Å². The second-order valence-corrected chi connectivity index (χ2v) is 8.26. The maximum Gasteiger partial charge on any atom is 0.323 e. The van der Waals surface area contributed by atoms with Crippen LogP contribution >= 0.6 is 0 Å². The maximum absolute atomic E-state index is 12.2. The molecule has 0 spiro atoms. The fourth-order valence-electron chi connectivity index (χ4n) is 5.15. The van der Waals surface area contributed by atoms with Crippen LogP contribution in [0.25, 0.3) is 0 Å². The van der Waals surface area contributed by atoms with Crippen molar-refractivity contribution in [3.05, 3.63) is 0 Å². The lowest BCUT2D eigenvalue weighted by molar-refractivity contribution is -0.149. The molecule has 2 saturated heterocycles. The van der Waals surface area contributed by atoms with Crippen molar-refractivity contribution in [2.24, 2.45) is 17.8 Å². The lowest BCUT2D eigenvalue weighted by atomic mass is 9.69. The van der Waals surface area contributed by atoms with Crippen molar-refractivity contribution in [1.82, 2.24) is 10.2 Å². The quantitative estimate of drug-likeness (QED) is 0.661.